The Kier molecular flexibility index (Phi) is 1.53. The third-order valence-electron chi connectivity index (χ3n) is 1.35. The Morgan fingerprint density at radius 3 is 2.67 bits per heavy atom. The first kappa shape index (κ1) is 6.29. The molecule has 50 valence electrons. The number of nitrogens with zero attached hydrogens (tertiary/aromatic N) is 1. The number of carbonyl (C=O) groups is 1. The zero-order valence-corrected chi connectivity index (χ0v) is 5.08. The van der Waals surface area contributed by atoms with E-state index in [9.17, 15) is 4.79 Å². The maximum atomic E-state index is 10.6. The van der Waals surface area contributed by atoms with Crippen molar-refractivity contribution >= 4 is 5.91 Å². The van der Waals surface area contributed by atoms with E-state index in [1.807, 2.05) is 0 Å². The summed E-state index contributed by atoms with van der Waals surface area (Å²) in [5, 5.41) is 8.73. The quantitative estimate of drug-likeness (QED) is 0.477. The lowest BCUT2D eigenvalue weighted by Gasteiger charge is -2.34. The molecule has 1 saturated heterocycles. The van der Waals surface area contributed by atoms with Crippen molar-refractivity contribution in [2.45, 2.75) is 6.10 Å². The molecule has 1 amide bonds. The van der Waals surface area contributed by atoms with Crippen LogP contribution in [0.1, 0.15) is 0 Å². The molecule has 3 heteroatoms. The third-order valence-corrected chi connectivity index (χ3v) is 1.35. The molecule has 1 heterocycles. The van der Waals surface area contributed by atoms with E-state index in [4.69, 9.17) is 5.11 Å². The maximum Gasteiger partial charge on any atom is 0.246 e. The Morgan fingerprint density at radius 1 is 1.78 bits per heavy atom. The minimum absolute atomic E-state index is 0.0969. The number of amides is 1. The first-order chi connectivity index (χ1) is 4.24. The molecule has 0 bridgehead atoms. The van der Waals surface area contributed by atoms with Gasteiger partial charge in [-0.2, -0.15) is 0 Å². The molecule has 1 aliphatic rings. The second kappa shape index (κ2) is 2.19. The molecule has 3 nitrogen and oxygen atoms in total. The average molecular weight is 127 g/mol. The zero-order chi connectivity index (χ0) is 6.85. The summed E-state index contributed by atoms with van der Waals surface area (Å²) >= 11 is 0. The van der Waals surface area contributed by atoms with Crippen molar-refractivity contribution in [3.05, 3.63) is 12.7 Å². The molecule has 9 heavy (non-hydrogen) atoms. The summed E-state index contributed by atoms with van der Waals surface area (Å²) in [6.45, 7) is 4.24. The number of rotatable bonds is 1. The summed E-state index contributed by atoms with van der Waals surface area (Å²) in [4.78, 5) is 12.2. The van der Waals surface area contributed by atoms with Gasteiger partial charge in [-0.25, -0.2) is 0 Å². The van der Waals surface area contributed by atoms with Gasteiger partial charge in [-0.1, -0.05) is 6.58 Å². The van der Waals surface area contributed by atoms with Crippen LogP contribution in [0.5, 0.6) is 0 Å². The number of hydrogen-bond acceptors (Lipinski definition) is 2. The molecule has 1 aliphatic heterocycles. The third kappa shape index (κ3) is 1.10. The topological polar surface area (TPSA) is 40.5 Å². The van der Waals surface area contributed by atoms with Gasteiger partial charge in [0.25, 0.3) is 0 Å². The first-order valence-corrected chi connectivity index (χ1v) is 2.83. The van der Waals surface area contributed by atoms with E-state index in [0.717, 1.165) is 0 Å². The fourth-order valence-electron chi connectivity index (χ4n) is 0.764. The van der Waals surface area contributed by atoms with Crippen LogP contribution in [0, 0.1) is 0 Å². The number of carbonyl (C=O) groups excluding carboxylic acids is 1. The molecule has 0 radical (unpaired) electrons. The van der Waals surface area contributed by atoms with E-state index in [1.165, 1.54) is 11.0 Å². The largest absolute Gasteiger partial charge is 0.389 e. The summed E-state index contributed by atoms with van der Waals surface area (Å²) in [7, 11) is 0. The highest BCUT2D eigenvalue weighted by atomic mass is 16.3. The van der Waals surface area contributed by atoms with E-state index >= 15 is 0 Å². The second-order valence-electron chi connectivity index (χ2n) is 2.10. The standard InChI is InChI=1S/C6H9NO2/c1-2-6(9)7-3-5(8)4-7/h2,5,8H,1,3-4H2. The van der Waals surface area contributed by atoms with Crippen LogP contribution in [0.25, 0.3) is 0 Å². The maximum absolute atomic E-state index is 10.6. The van der Waals surface area contributed by atoms with E-state index in [1.54, 1.807) is 0 Å². The molecule has 1 rings (SSSR count). The number of β-amino-alcohol motifs (C(OH)–C–C–N with tert-alkyl or cyclic N) is 1. The van der Waals surface area contributed by atoms with Gasteiger partial charge in [0.2, 0.25) is 5.91 Å². The molecule has 0 aromatic rings. The molecule has 1 N–H and O–H groups in total. The number of aliphatic hydroxyl groups excluding tert-OH is 1. The van der Waals surface area contributed by atoms with Crippen LogP contribution in [0.3, 0.4) is 0 Å². The van der Waals surface area contributed by atoms with Gasteiger partial charge in [-0.15, -0.1) is 0 Å². The first-order valence-electron chi connectivity index (χ1n) is 2.83. The summed E-state index contributed by atoms with van der Waals surface area (Å²) < 4.78 is 0. The molecule has 0 aromatic heterocycles. The normalized spacial score (nSPS) is 19.0. The van der Waals surface area contributed by atoms with Crippen LogP contribution in [0.4, 0.5) is 0 Å². The van der Waals surface area contributed by atoms with Gasteiger partial charge in [-0.3, -0.25) is 4.79 Å². The van der Waals surface area contributed by atoms with Gasteiger partial charge in [-0.05, 0) is 6.08 Å². The van der Waals surface area contributed by atoms with Crippen molar-refractivity contribution < 1.29 is 9.90 Å². The monoisotopic (exact) mass is 127 g/mol. The molecule has 0 aromatic carbocycles. The fourth-order valence-corrected chi connectivity index (χ4v) is 0.764. The summed E-state index contributed by atoms with van der Waals surface area (Å²) in [5.74, 6) is -0.0969. The fraction of sp³-hybridized carbons (Fsp3) is 0.500. The summed E-state index contributed by atoms with van der Waals surface area (Å²) in [6.07, 6.45) is 0.945. The van der Waals surface area contributed by atoms with Crippen molar-refractivity contribution in [1.82, 2.24) is 4.90 Å². The van der Waals surface area contributed by atoms with Crippen LogP contribution in [-0.4, -0.2) is 35.1 Å². The Balaban J connectivity index is 2.31. The highest BCUT2D eigenvalue weighted by Crippen LogP contribution is 2.06. The molecule has 0 aliphatic carbocycles. The van der Waals surface area contributed by atoms with Crippen LogP contribution in [0.2, 0.25) is 0 Å². The van der Waals surface area contributed by atoms with Crippen molar-refractivity contribution in [2.24, 2.45) is 0 Å². The molecular weight excluding hydrogens is 118 g/mol. The highest BCUT2D eigenvalue weighted by molar-refractivity contribution is 5.87. The van der Waals surface area contributed by atoms with E-state index in [-0.39, 0.29) is 12.0 Å². The SMILES string of the molecule is C=CC(=O)N1CC(O)C1. The molecule has 1 fully saturated rings. The number of hydrogen-bond donors (Lipinski definition) is 1. The van der Waals surface area contributed by atoms with Gasteiger partial charge in [0.1, 0.15) is 0 Å². The van der Waals surface area contributed by atoms with Gasteiger partial charge in [0, 0.05) is 13.1 Å². The van der Waals surface area contributed by atoms with Gasteiger partial charge < -0.3 is 10.0 Å². The Morgan fingerprint density at radius 2 is 2.33 bits per heavy atom. The van der Waals surface area contributed by atoms with E-state index in [2.05, 4.69) is 6.58 Å². The molecule has 0 atom stereocenters. The predicted molar refractivity (Wildman–Crippen MR) is 32.8 cm³/mol. The summed E-state index contributed by atoms with van der Waals surface area (Å²) in [6, 6.07) is 0. The molecular formula is C6H9NO2. The molecule has 0 spiro atoms. The second-order valence-corrected chi connectivity index (χ2v) is 2.10. The van der Waals surface area contributed by atoms with Crippen LogP contribution >= 0.6 is 0 Å². The predicted octanol–water partition coefficient (Wildman–Crippen LogP) is -0.625. The van der Waals surface area contributed by atoms with Crippen molar-refractivity contribution in [1.29, 1.82) is 0 Å². The smallest absolute Gasteiger partial charge is 0.246 e. The van der Waals surface area contributed by atoms with Crippen LogP contribution in [0.15, 0.2) is 12.7 Å². The molecule has 0 saturated carbocycles. The lowest BCUT2D eigenvalue weighted by atomic mass is 10.2. The van der Waals surface area contributed by atoms with Crippen molar-refractivity contribution in [2.75, 3.05) is 13.1 Å². The van der Waals surface area contributed by atoms with Gasteiger partial charge >= 0.3 is 0 Å². The van der Waals surface area contributed by atoms with Crippen molar-refractivity contribution in [3.63, 3.8) is 0 Å². The lowest BCUT2D eigenvalue weighted by molar-refractivity contribution is -0.135. The van der Waals surface area contributed by atoms with Gasteiger partial charge in [0.05, 0.1) is 6.10 Å². The van der Waals surface area contributed by atoms with Gasteiger partial charge in [0.15, 0.2) is 0 Å². The lowest BCUT2D eigenvalue weighted by Crippen LogP contribution is -2.52. The highest BCUT2D eigenvalue weighted by Gasteiger charge is 2.26. The van der Waals surface area contributed by atoms with E-state index in [0.29, 0.717) is 13.1 Å². The summed E-state index contributed by atoms with van der Waals surface area (Å²) in [5.41, 5.74) is 0. The van der Waals surface area contributed by atoms with Crippen LogP contribution in [-0.2, 0) is 4.79 Å². The number of likely N-dealkylation sites (tertiary alicyclic amines) is 1. The average Bonchev–Trinajstić information content (AvgIpc) is 1.79. The Hall–Kier alpha value is -0.830. The minimum Gasteiger partial charge on any atom is -0.389 e. The van der Waals surface area contributed by atoms with E-state index < -0.39 is 0 Å². The Labute approximate surface area is 53.6 Å². The zero-order valence-electron chi connectivity index (χ0n) is 5.08. The minimum atomic E-state index is -0.311. The Bertz CT molecular complexity index is 138. The van der Waals surface area contributed by atoms with Crippen molar-refractivity contribution in [3.8, 4) is 0 Å². The molecule has 0 unspecified atom stereocenters. The number of aliphatic hydroxyl groups is 1. The van der Waals surface area contributed by atoms with Crippen LogP contribution < -0.4 is 0 Å².